The molecule has 24 heavy (non-hydrogen) atoms. The number of morpholine rings is 1. The maximum atomic E-state index is 12.5. The van der Waals surface area contributed by atoms with Gasteiger partial charge in [-0.15, -0.1) is 11.3 Å². The summed E-state index contributed by atoms with van der Waals surface area (Å²) in [6, 6.07) is 0. The van der Waals surface area contributed by atoms with E-state index in [9.17, 15) is 4.79 Å². The van der Waals surface area contributed by atoms with Crippen molar-refractivity contribution in [3.63, 3.8) is 0 Å². The van der Waals surface area contributed by atoms with E-state index in [1.807, 2.05) is 37.5 Å². The van der Waals surface area contributed by atoms with Crippen LogP contribution < -0.4 is 0 Å². The van der Waals surface area contributed by atoms with Crippen LogP contribution in [0.25, 0.3) is 0 Å². The summed E-state index contributed by atoms with van der Waals surface area (Å²) in [5.74, 6) is 0.877. The van der Waals surface area contributed by atoms with Crippen LogP contribution in [0.15, 0.2) is 11.6 Å². The number of amides is 1. The average molecular weight is 349 g/mol. The molecule has 0 radical (unpaired) electrons. The molecule has 1 fully saturated rings. The third kappa shape index (κ3) is 4.19. The zero-order chi connectivity index (χ0) is 17.1. The number of imidazole rings is 1. The summed E-state index contributed by atoms with van der Waals surface area (Å²) in [5, 5.41) is 2.94. The highest BCUT2D eigenvalue weighted by molar-refractivity contribution is 7.09. The van der Waals surface area contributed by atoms with Gasteiger partial charge in [-0.05, 0) is 21.0 Å². The molecule has 1 aliphatic heterocycles. The summed E-state index contributed by atoms with van der Waals surface area (Å²) < 4.78 is 5.80. The SMILES string of the molecule is Cc1nc(CC(=O)N2CCO[C@H](c3ncc(CN(C)C)[nH]3)C2)cs1. The Kier molecular flexibility index (Phi) is 5.27. The fraction of sp³-hybridized carbons (Fsp3) is 0.562. The number of aryl methyl sites for hydroxylation is 1. The molecule has 7 nitrogen and oxygen atoms in total. The third-order valence-electron chi connectivity index (χ3n) is 3.86. The van der Waals surface area contributed by atoms with Crippen molar-refractivity contribution in [2.45, 2.75) is 26.0 Å². The highest BCUT2D eigenvalue weighted by atomic mass is 32.1. The lowest BCUT2D eigenvalue weighted by Crippen LogP contribution is -2.43. The summed E-state index contributed by atoms with van der Waals surface area (Å²) in [6.45, 7) is 4.41. The maximum Gasteiger partial charge on any atom is 0.228 e. The fourth-order valence-electron chi connectivity index (χ4n) is 2.76. The molecule has 1 N–H and O–H groups in total. The van der Waals surface area contributed by atoms with Crippen LogP contribution in [0.5, 0.6) is 0 Å². The Labute approximate surface area is 145 Å². The van der Waals surface area contributed by atoms with Crippen molar-refractivity contribution in [3.05, 3.63) is 33.8 Å². The number of rotatable bonds is 5. The first-order valence-corrected chi connectivity index (χ1v) is 8.88. The molecule has 1 saturated heterocycles. The van der Waals surface area contributed by atoms with Crippen LogP contribution in [0, 0.1) is 6.92 Å². The molecule has 0 saturated carbocycles. The van der Waals surface area contributed by atoms with Crippen molar-refractivity contribution in [3.8, 4) is 0 Å². The van der Waals surface area contributed by atoms with E-state index >= 15 is 0 Å². The first kappa shape index (κ1) is 17.1. The molecule has 3 rings (SSSR count). The lowest BCUT2D eigenvalue weighted by Gasteiger charge is -2.32. The number of carbonyl (C=O) groups is 1. The van der Waals surface area contributed by atoms with E-state index < -0.39 is 0 Å². The zero-order valence-corrected chi connectivity index (χ0v) is 15.1. The van der Waals surface area contributed by atoms with Gasteiger partial charge in [0.2, 0.25) is 5.91 Å². The highest BCUT2D eigenvalue weighted by Gasteiger charge is 2.27. The molecule has 0 spiro atoms. The van der Waals surface area contributed by atoms with Crippen molar-refractivity contribution in [1.82, 2.24) is 24.8 Å². The molecule has 1 aliphatic rings. The van der Waals surface area contributed by atoms with Gasteiger partial charge in [-0.25, -0.2) is 9.97 Å². The molecule has 0 aromatic carbocycles. The Morgan fingerprint density at radius 2 is 2.38 bits per heavy atom. The van der Waals surface area contributed by atoms with Crippen molar-refractivity contribution in [1.29, 1.82) is 0 Å². The third-order valence-corrected chi connectivity index (χ3v) is 4.68. The number of nitrogens with one attached hydrogen (secondary N) is 1. The fourth-order valence-corrected chi connectivity index (χ4v) is 3.37. The molecule has 2 aromatic heterocycles. The van der Waals surface area contributed by atoms with E-state index in [1.165, 1.54) is 0 Å². The summed E-state index contributed by atoms with van der Waals surface area (Å²) in [4.78, 5) is 28.5. The second kappa shape index (κ2) is 7.42. The molecule has 0 aliphatic carbocycles. The molecular weight excluding hydrogens is 326 g/mol. The molecule has 3 heterocycles. The topological polar surface area (TPSA) is 74.4 Å². The van der Waals surface area contributed by atoms with E-state index in [0.717, 1.165) is 28.8 Å². The number of H-pyrrole nitrogens is 1. The van der Waals surface area contributed by atoms with Gasteiger partial charge in [0, 0.05) is 30.4 Å². The second-order valence-electron chi connectivity index (χ2n) is 6.27. The number of hydrogen-bond acceptors (Lipinski definition) is 6. The van der Waals surface area contributed by atoms with Gasteiger partial charge >= 0.3 is 0 Å². The van der Waals surface area contributed by atoms with Crippen LogP contribution in [0.1, 0.15) is 28.3 Å². The van der Waals surface area contributed by atoms with Gasteiger partial charge in [-0.2, -0.15) is 0 Å². The highest BCUT2D eigenvalue weighted by Crippen LogP contribution is 2.21. The largest absolute Gasteiger partial charge is 0.367 e. The van der Waals surface area contributed by atoms with Crippen LogP contribution in [0.4, 0.5) is 0 Å². The van der Waals surface area contributed by atoms with Gasteiger partial charge in [-0.3, -0.25) is 4.79 Å². The van der Waals surface area contributed by atoms with Crippen LogP contribution in [0.3, 0.4) is 0 Å². The Balaban J connectivity index is 1.61. The van der Waals surface area contributed by atoms with E-state index in [-0.39, 0.29) is 12.0 Å². The van der Waals surface area contributed by atoms with Gasteiger partial charge in [0.15, 0.2) is 0 Å². The molecule has 130 valence electrons. The Bertz CT molecular complexity index is 696. The summed E-state index contributed by atoms with van der Waals surface area (Å²) in [7, 11) is 4.02. The lowest BCUT2D eigenvalue weighted by molar-refractivity contribution is -0.138. The summed E-state index contributed by atoms with van der Waals surface area (Å²) in [6.07, 6.45) is 1.98. The van der Waals surface area contributed by atoms with E-state index in [2.05, 4.69) is 19.9 Å². The van der Waals surface area contributed by atoms with E-state index in [1.54, 1.807) is 11.3 Å². The van der Waals surface area contributed by atoms with Crippen LogP contribution in [-0.2, 0) is 22.5 Å². The minimum atomic E-state index is -0.198. The molecular formula is C16H23N5O2S. The first-order chi connectivity index (χ1) is 11.5. The predicted molar refractivity (Wildman–Crippen MR) is 91.8 cm³/mol. The number of hydrogen-bond donors (Lipinski definition) is 1. The van der Waals surface area contributed by atoms with Crippen molar-refractivity contribution in [2.24, 2.45) is 0 Å². The number of thiazole rings is 1. The van der Waals surface area contributed by atoms with Gasteiger partial charge in [0.25, 0.3) is 0 Å². The number of aromatic nitrogens is 3. The Morgan fingerprint density at radius 3 is 3.08 bits per heavy atom. The molecule has 0 bridgehead atoms. The standard InChI is InChI=1S/C16H23N5O2S/c1-11-18-12(10-24-11)6-15(22)21-4-5-23-14(9-21)16-17-7-13(19-16)8-20(2)3/h7,10,14H,4-6,8-9H2,1-3H3,(H,17,19)/t14-/m0/s1. The number of ether oxygens (including phenoxy) is 1. The Hall–Kier alpha value is -1.77. The zero-order valence-electron chi connectivity index (χ0n) is 14.3. The smallest absolute Gasteiger partial charge is 0.228 e. The van der Waals surface area contributed by atoms with Gasteiger partial charge in [-0.1, -0.05) is 0 Å². The minimum absolute atomic E-state index is 0.0914. The lowest BCUT2D eigenvalue weighted by atomic mass is 10.2. The van der Waals surface area contributed by atoms with Gasteiger partial charge in [0.1, 0.15) is 11.9 Å². The average Bonchev–Trinajstić information content (AvgIpc) is 3.16. The molecule has 1 amide bonds. The van der Waals surface area contributed by atoms with Gasteiger partial charge < -0.3 is 19.5 Å². The first-order valence-electron chi connectivity index (χ1n) is 8.00. The monoisotopic (exact) mass is 349 g/mol. The predicted octanol–water partition coefficient (Wildman–Crippen LogP) is 1.38. The van der Waals surface area contributed by atoms with Crippen molar-refractivity contribution < 1.29 is 9.53 Å². The summed E-state index contributed by atoms with van der Waals surface area (Å²) in [5.41, 5.74) is 1.89. The molecule has 0 unspecified atom stereocenters. The van der Waals surface area contributed by atoms with Crippen molar-refractivity contribution >= 4 is 17.2 Å². The minimum Gasteiger partial charge on any atom is -0.367 e. The molecule has 8 heteroatoms. The van der Waals surface area contributed by atoms with Crippen LogP contribution in [0.2, 0.25) is 0 Å². The quantitative estimate of drug-likeness (QED) is 0.883. The van der Waals surface area contributed by atoms with Crippen LogP contribution >= 0.6 is 11.3 Å². The van der Waals surface area contributed by atoms with Gasteiger partial charge in [0.05, 0.1) is 30.3 Å². The molecule has 2 aromatic rings. The van der Waals surface area contributed by atoms with E-state index in [0.29, 0.717) is 26.1 Å². The number of aromatic amines is 1. The Morgan fingerprint density at radius 1 is 1.54 bits per heavy atom. The maximum absolute atomic E-state index is 12.5. The second-order valence-corrected chi connectivity index (χ2v) is 7.33. The number of nitrogens with zero attached hydrogens (tertiary/aromatic N) is 4. The number of carbonyl (C=O) groups excluding carboxylic acids is 1. The van der Waals surface area contributed by atoms with E-state index in [4.69, 9.17) is 4.74 Å². The van der Waals surface area contributed by atoms with Crippen LogP contribution in [-0.4, -0.2) is 64.5 Å². The summed E-state index contributed by atoms with van der Waals surface area (Å²) >= 11 is 1.57. The van der Waals surface area contributed by atoms with Crippen molar-refractivity contribution in [2.75, 3.05) is 33.8 Å². The molecule has 1 atom stereocenters. The normalized spacial score (nSPS) is 18.3.